The molecule has 0 aromatic heterocycles. The van der Waals surface area contributed by atoms with Crippen LogP contribution in [0.1, 0.15) is 18.1 Å². The first-order chi connectivity index (χ1) is 8.18. The fourth-order valence-corrected chi connectivity index (χ4v) is 2.75. The van der Waals surface area contributed by atoms with Crippen LogP contribution < -0.4 is 0 Å². The second kappa shape index (κ2) is 4.89. The Balaban J connectivity index is 2.60. The Hall–Kier alpha value is -1.34. The molecule has 0 radical (unpaired) electrons. The van der Waals surface area contributed by atoms with Crippen LogP contribution in [0.2, 0.25) is 0 Å². The van der Waals surface area contributed by atoms with Crippen LogP contribution in [0, 0.1) is 0 Å². The zero-order valence-electron chi connectivity index (χ0n) is 9.86. The summed E-state index contributed by atoms with van der Waals surface area (Å²) < 4.78 is 1.12. The van der Waals surface area contributed by atoms with Gasteiger partial charge in [0.2, 0.25) is 0 Å². The summed E-state index contributed by atoms with van der Waals surface area (Å²) in [4.78, 5) is 0. The van der Waals surface area contributed by atoms with E-state index in [2.05, 4.69) is 71.9 Å². The summed E-state index contributed by atoms with van der Waals surface area (Å²) in [5.74, 6) is 0. The van der Waals surface area contributed by atoms with Crippen LogP contribution in [-0.4, -0.2) is 0 Å². The molecule has 0 N–H and O–H groups in total. The van der Waals surface area contributed by atoms with Gasteiger partial charge in [-0.3, -0.25) is 0 Å². The largest absolute Gasteiger partial charge is 0.102 e. The highest BCUT2D eigenvalue weighted by molar-refractivity contribution is 9.10. The van der Waals surface area contributed by atoms with Gasteiger partial charge in [-0.1, -0.05) is 70.5 Å². The predicted molar refractivity (Wildman–Crippen MR) is 77.2 cm³/mol. The minimum Gasteiger partial charge on any atom is -0.102 e. The fourth-order valence-electron chi connectivity index (χ4n) is 2.05. The molecular formula is C16H15Br. The Kier molecular flexibility index (Phi) is 3.49. The highest BCUT2D eigenvalue weighted by Gasteiger charge is 2.26. The van der Waals surface area contributed by atoms with Gasteiger partial charge in [0.25, 0.3) is 0 Å². The van der Waals surface area contributed by atoms with E-state index in [-0.39, 0.29) is 5.41 Å². The van der Waals surface area contributed by atoms with Crippen molar-refractivity contribution < 1.29 is 0 Å². The zero-order chi connectivity index (χ0) is 12.3. The highest BCUT2D eigenvalue weighted by atomic mass is 79.9. The van der Waals surface area contributed by atoms with E-state index >= 15 is 0 Å². The molecule has 17 heavy (non-hydrogen) atoms. The molecule has 0 saturated heterocycles. The van der Waals surface area contributed by atoms with E-state index in [1.807, 2.05) is 18.2 Å². The number of halogens is 1. The number of rotatable bonds is 3. The lowest BCUT2D eigenvalue weighted by Crippen LogP contribution is -2.20. The predicted octanol–water partition coefficient (Wildman–Crippen LogP) is 4.94. The van der Waals surface area contributed by atoms with E-state index in [1.165, 1.54) is 11.1 Å². The Labute approximate surface area is 111 Å². The number of hydrogen-bond donors (Lipinski definition) is 0. The fraction of sp³-hybridized carbons (Fsp3) is 0.125. The van der Waals surface area contributed by atoms with Gasteiger partial charge in [0.1, 0.15) is 0 Å². The molecule has 0 spiro atoms. The third kappa shape index (κ3) is 2.20. The highest BCUT2D eigenvalue weighted by Crippen LogP contribution is 2.36. The standard InChI is InChI=1S/C16H15Br/c1-3-16(2,13-9-5-4-6-10-13)14-11-7-8-12-15(14)17/h3-12H,1H2,2H3/t16-/m1/s1. The third-order valence-corrected chi connectivity index (χ3v) is 3.91. The molecule has 0 unspecified atom stereocenters. The summed E-state index contributed by atoms with van der Waals surface area (Å²) in [5, 5.41) is 0. The van der Waals surface area contributed by atoms with Gasteiger partial charge in [-0.2, -0.15) is 0 Å². The van der Waals surface area contributed by atoms with Crippen molar-refractivity contribution in [1.29, 1.82) is 0 Å². The molecule has 0 aliphatic carbocycles. The zero-order valence-corrected chi connectivity index (χ0v) is 11.4. The molecule has 0 aliphatic heterocycles. The van der Waals surface area contributed by atoms with Crippen LogP contribution in [0.4, 0.5) is 0 Å². The molecule has 1 atom stereocenters. The molecule has 0 fully saturated rings. The molecular weight excluding hydrogens is 272 g/mol. The minimum atomic E-state index is -0.165. The van der Waals surface area contributed by atoms with Gasteiger partial charge in [-0.05, 0) is 24.1 Å². The van der Waals surface area contributed by atoms with Gasteiger partial charge in [0.05, 0.1) is 0 Å². The molecule has 1 heteroatoms. The second-order valence-electron chi connectivity index (χ2n) is 4.25. The van der Waals surface area contributed by atoms with E-state index in [4.69, 9.17) is 0 Å². The molecule has 2 rings (SSSR count). The van der Waals surface area contributed by atoms with Crippen molar-refractivity contribution in [2.75, 3.05) is 0 Å². The Morgan fingerprint density at radius 1 is 1.00 bits per heavy atom. The third-order valence-electron chi connectivity index (χ3n) is 3.22. The van der Waals surface area contributed by atoms with Crippen LogP contribution >= 0.6 is 15.9 Å². The van der Waals surface area contributed by atoms with Crippen molar-refractivity contribution in [1.82, 2.24) is 0 Å². The van der Waals surface area contributed by atoms with Crippen molar-refractivity contribution >= 4 is 15.9 Å². The minimum absolute atomic E-state index is 0.165. The van der Waals surface area contributed by atoms with E-state index in [9.17, 15) is 0 Å². The molecule has 0 nitrogen and oxygen atoms in total. The molecule has 0 amide bonds. The van der Waals surface area contributed by atoms with Gasteiger partial charge in [-0.25, -0.2) is 0 Å². The SMILES string of the molecule is C=C[C@](C)(c1ccccc1)c1ccccc1Br. The number of benzene rings is 2. The summed E-state index contributed by atoms with van der Waals surface area (Å²) >= 11 is 3.62. The second-order valence-corrected chi connectivity index (χ2v) is 5.11. The first-order valence-electron chi connectivity index (χ1n) is 5.62. The van der Waals surface area contributed by atoms with Crippen LogP contribution in [0.25, 0.3) is 0 Å². The summed E-state index contributed by atoms with van der Waals surface area (Å²) in [6.07, 6.45) is 2.00. The van der Waals surface area contributed by atoms with Gasteiger partial charge in [0, 0.05) is 9.89 Å². The molecule has 86 valence electrons. The van der Waals surface area contributed by atoms with Gasteiger partial charge >= 0.3 is 0 Å². The maximum absolute atomic E-state index is 4.01. The maximum atomic E-state index is 4.01. The lowest BCUT2D eigenvalue weighted by molar-refractivity contribution is 0.721. The van der Waals surface area contributed by atoms with Crippen molar-refractivity contribution in [3.05, 3.63) is 82.9 Å². The van der Waals surface area contributed by atoms with Gasteiger partial charge in [-0.15, -0.1) is 6.58 Å². The topological polar surface area (TPSA) is 0 Å². The van der Waals surface area contributed by atoms with E-state index < -0.39 is 0 Å². The molecule has 0 heterocycles. The van der Waals surface area contributed by atoms with Crippen LogP contribution in [0.3, 0.4) is 0 Å². The summed E-state index contributed by atoms with van der Waals surface area (Å²) in [6, 6.07) is 18.7. The lowest BCUT2D eigenvalue weighted by Gasteiger charge is -2.28. The average molecular weight is 287 g/mol. The first kappa shape index (κ1) is 12.1. The maximum Gasteiger partial charge on any atom is 0.0362 e. The Morgan fingerprint density at radius 3 is 2.18 bits per heavy atom. The molecule has 2 aromatic rings. The lowest BCUT2D eigenvalue weighted by atomic mass is 9.76. The summed E-state index contributed by atoms with van der Waals surface area (Å²) in [6.45, 7) is 6.20. The molecule has 2 aromatic carbocycles. The van der Waals surface area contributed by atoms with E-state index in [0.717, 1.165) is 4.47 Å². The summed E-state index contributed by atoms with van der Waals surface area (Å²) in [7, 11) is 0. The van der Waals surface area contributed by atoms with E-state index in [1.54, 1.807) is 0 Å². The van der Waals surface area contributed by atoms with Crippen molar-refractivity contribution in [3.8, 4) is 0 Å². The van der Waals surface area contributed by atoms with Crippen LogP contribution in [-0.2, 0) is 5.41 Å². The monoisotopic (exact) mass is 286 g/mol. The van der Waals surface area contributed by atoms with Crippen molar-refractivity contribution in [3.63, 3.8) is 0 Å². The molecule has 0 aliphatic rings. The molecule has 0 bridgehead atoms. The average Bonchev–Trinajstić information content (AvgIpc) is 2.39. The number of allylic oxidation sites excluding steroid dienone is 1. The van der Waals surface area contributed by atoms with Crippen LogP contribution in [0.15, 0.2) is 71.7 Å². The Morgan fingerprint density at radius 2 is 1.59 bits per heavy atom. The van der Waals surface area contributed by atoms with Crippen molar-refractivity contribution in [2.45, 2.75) is 12.3 Å². The van der Waals surface area contributed by atoms with Gasteiger partial charge < -0.3 is 0 Å². The van der Waals surface area contributed by atoms with Gasteiger partial charge in [0.15, 0.2) is 0 Å². The Bertz CT molecular complexity index is 516. The number of hydrogen-bond acceptors (Lipinski definition) is 0. The first-order valence-corrected chi connectivity index (χ1v) is 6.42. The summed E-state index contributed by atoms with van der Waals surface area (Å²) in [5.41, 5.74) is 2.32. The van der Waals surface area contributed by atoms with Crippen LogP contribution in [0.5, 0.6) is 0 Å². The van der Waals surface area contributed by atoms with Crippen molar-refractivity contribution in [2.24, 2.45) is 0 Å². The normalized spacial score (nSPS) is 14.0. The quantitative estimate of drug-likeness (QED) is 0.701. The van der Waals surface area contributed by atoms with E-state index in [0.29, 0.717) is 0 Å². The smallest absolute Gasteiger partial charge is 0.0362 e. The molecule has 0 saturated carbocycles.